The highest BCUT2D eigenvalue weighted by Crippen LogP contribution is 2.32. The standard InChI is InChI=1S/C21H36N4O4S.HI/c1-7-30(26,27)25-12-10-17(11-13-25)24-20(22-4)23-15-21(2,3)16-8-9-18(28-5)19(14-16)29-6;/h8-9,14,17H,7,10-13,15H2,1-6H3,(H2,22,23,24);1H. The van der Waals surface area contributed by atoms with Gasteiger partial charge < -0.3 is 20.1 Å². The molecule has 1 saturated heterocycles. The van der Waals surface area contributed by atoms with Gasteiger partial charge in [0.2, 0.25) is 10.0 Å². The zero-order valence-electron chi connectivity index (χ0n) is 19.4. The fourth-order valence-electron chi connectivity index (χ4n) is 3.51. The molecule has 10 heteroatoms. The Morgan fingerprint density at radius 3 is 2.32 bits per heavy atom. The fourth-order valence-corrected chi connectivity index (χ4v) is 4.65. The Bertz CT molecular complexity index is 838. The zero-order valence-corrected chi connectivity index (χ0v) is 22.5. The molecule has 2 N–H and O–H groups in total. The first-order valence-corrected chi connectivity index (χ1v) is 11.9. The largest absolute Gasteiger partial charge is 0.493 e. The lowest BCUT2D eigenvalue weighted by atomic mass is 9.84. The van der Waals surface area contributed by atoms with Crippen LogP contribution in [0.25, 0.3) is 0 Å². The number of nitrogens with one attached hydrogen (secondary N) is 2. The third kappa shape index (κ3) is 7.38. The molecule has 0 unspecified atom stereocenters. The minimum Gasteiger partial charge on any atom is -0.493 e. The molecule has 0 amide bonds. The van der Waals surface area contributed by atoms with E-state index in [1.165, 1.54) is 0 Å². The quantitative estimate of drug-likeness (QED) is 0.285. The topological polar surface area (TPSA) is 92.3 Å². The number of aliphatic imine (C=N–C) groups is 1. The number of rotatable bonds is 8. The summed E-state index contributed by atoms with van der Waals surface area (Å²) in [7, 11) is 1.90. The molecule has 0 spiro atoms. The van der Waals surface area contributed by atoms with Crippen LogP contribution in [0.5, 0.6) is 11.5 Å². The molecule has 1 aromatic carbocycles. The molecule has 1 fully saturated rings. The predicted octanol–water partition coefficient (Wildman–Crippen LogP) is 2.58. The zero-order chi connectivity index (χ0) is 22.4. The van der Waals surface area contributed by atoms with Crippen LogP contribution in [0.15, 0.2) is 23.2 Å². The second-order valence-corrected chi connectivity index (χ2v) is 10.4. The van der Waals surface area contributed by atoms with Gasteiger partial charge in [0, 0.05) is 38.1 Å². The van der Waals surface area contributed by atoms with Crippen LogP contribution in [-0.2, 0) is 15.4 Å². The number of hydrogen-bond acceptors (Lipinski definition) is 5. The normalized spacial score (nSPS) is 16.4. The van der Waals surface area contributed by atoms with E-state index in [2.05, 4.69) is 29.5 Å². The molecule has 1 heterocycles. The van der Waals surface area contributed by atoms with Gasteiger partial charge in [-0.25, -0.2) is 12.7 Å². The number of piperidine rings is 1. The van der Waals surface area contributed by atoms with Crippen molar-refractivity contribution < 1.29 is 17.9 Å². The van der Waals surface area contributed by atoms with Gasteiger partial charge in [0.25, 0.3) is 0 Å². The molecule has 0 saturated carbocycles. The van der Waals surface area contributed by atoms with E-state index in [4.69, 9.17) is 9.47 Å². The van der Waals surface area contributed by atoms with Crippen LogP contribution in [-0.4, -0.2) is 71.4 Å². The van der Waals surface area contributed by atoms with E-state index in [0.717, 1.165) is 24.4 Å². The van der Waals surface area contributed by atoms with E-state index in [0.29, 0.717) is 31.1 Å². The van der Waals surface area contributed by atoms with Crippen molar-refractivity contribution in [3.63, 3.8) is 0 Å². The Labute approximate surface area is 204 Å². The monoisotopic (exact) mass is 568 g/mol. The van der Waals surface area contributed by atoms with Crippen molar-refractivity contribution in [2.45, 2.75) is 45.1 Å². The maximum atomic E-state index is 12.0. The highest BCUT2D eigenvalue weighted by atomic mass is 127. The number of guanidine groups is 1. The van der Waals surface area contributed by atoms with Crippen LogP contribution in [0.2, 0.25) is 0 Å². The Morgan fingerprint density at radius 2 is 1.81 bits per heavy atom. The average Bonchev–Trinajstić information content (AvgIpc) is 2.76. The Morgan fingerprint density at radius 1 is 1.19 bits per heavy atom. The Balaban J connectivity index is 0.00000480. The SMILES string of the molecule is CCS(=O)(=O)N1CCC(NC(=NC)NCC(C)(C)c2ccc(OC)c(OC)c2)CC1.I. The molecule has 0 aromatic heterocycles. The predicted molar refractivity (Wildman–Crippen MR) is 137 cm³/mol. The lowest BCUT2D eigenvalue weighted by molar-refractivity contribution is 0.306. The van der Waals surface area contributed by atoms with E-state index < -0.39 is 10.0 Å². The summed E-state index contributed by atoms with van der Waals surface area (Å²) in [6.45, 7) is 7.76. The number of sulfonamides is 1. The maximum Gasteiger partial charge on any atom is 0.213 e. The summed E-state index contributed by atoms with van der Waals surface area (Å²) in [4.78, 5) is 4.34. The molecule has 178 valence electrons. The second-order valence-electron chi connectivity index (χ2n) is 8.10. The lowest BCUT2D eigenvalue weighted by Gasteiger charge is -2.33. The molecule has 1 aromatic rings. The van der Waals surface area contributed by atoms with Gasteiger partial charge in [-0.2, -0.15) is 0 Å². The number of benzene rings is 1. The Kier molecular flexibility index (Phi) is 10.8. The van der Waals surface area contributed by atoms with Crippen LogP contribution in [0.1, 0.15) is 39.2 Å². The molecule has 1 aliphatic heterocycles. The summed E-state index contributed by atoms with van der Waals surface area (Å²) in [6, 6.07) is 6.16. The number of halogens is 1. The van der Waals surface area contributed by atoms with Crippen molar-refractivity contribution in [3.8, 4) is 11.5 Å². The van der Waals surface area contributed by atoms with Gasteiger partial charge in [-0.05, 0) is 37.5 Å². The third-order valence-corrected chi connectivity index (χ3v) is 7.52. The van der Waals surface area contributed by atoms with Crippen molar-refractivity contribution in [1.82, 2.24) is 14.9 Å². The summed E-state index contributed by atoms with van der Waals surface area (Å²) in [6.07, 6.45) is 1.53. The molecular weight excluding hydrogens is 531 g/mol. The van der Waals surface area contributed by atoms with Gasteiger partial charge in [0.1, 0.15) is 0 Å². The van der Waals surface area contributed by atoms with Gasteiger partial charge >= 0.3 is 0 Å². The first kappa shape index (κ1) is 27.8. The molecule has 0 atom stereocenters. The van der Waals surface area contributed by atoms with Crippen molar-refractivity contribution in [1.29, 1.82) is 0 Å². The van der Waals surface area contributed by atoms with Gasteiger partial charge in [0.15, 0.2) is 17.5 Å². The first-order chi connectivity index (χ1) is 14.2. The van der Waals surface area contributed by atoms with Crippen molar-refractivity contribution in [2.75, 3.05) is 46.7 Å². The van der Waals surface area contributed by atoms with Crippen LogP contribution < -0.4 is 20.1 Å². The number of nitrogens with zero attached hydrogens (tertiary/aromatic N) is 2. The van der Waals surface area contributed by atoms with Gasteiger partial charge in [0.05, 0.1) is 20.0 Å². The Hall–Kier alpha value is -1.27. The smallest absolute Gasteiger partial charge is 0.213 e. The maximum absolute atomic E-state index is 12.0. The molecule has 0 radical (unpaired) electrons. The first-order valence-electron chi connectivity index (χ1n) is 10.3. The molecule has 0 bridgehead atoms. The van der Waals surface area contributed by atoms with E-state index in [1.54, 1.807) is 32.5 Å². The highest BCUT2D eigenvalue weighted by molar-refractivity contribution is 14.0. The summed E-state index contributed by atoms with van der Waals surface area (Å²) >= 11 is 0. The van der Waals surface area contributed by atoms with E-state index >= 15 is 0 Å². The summed E-state index contributed by atoms with van der Waals surface area (Å²) in [5.41, 5.74) is 0.955. The summed E-state index contributed by atoms with van der Waals surface area (Å²) < 4.78 is 36.4. The average molecular weight is 569 g/mol. The minimum atomic E-state index is -3.11. The fraction of sp³-hybridized carbons (Fsp3) is 0.667. The molecule has 8 nitrogen and oxygen atoms in total. The molecule has 0 aliphatic carbocycles. The van der Waals surface area contributed by atoms with Crippen molar-refractivity contribution >= 4 is 40.0 Å². The highest BCUT2D eigenvalue weighted by Gasteiger charge is 2.28. The van der Waals surface area contributed by atoms with Crippen LogP contribution >= 0.6 is 24.0 Å². The summed E-state index contributed by atoms with van der Waals surface area (Å²) in [5.74, 6) is 2.29. The number of methoxy groups -OCH3 is 2. The number of hydrogen-bond donors (Lipinski definition) is 2. The van der Waals surface area contributed by atoms with Gasteiger partial charge in [-0.3, -0.25) is 4.99 Å². The van der Waals surface area contributed by atoms with Crippen LogP contribution in [0.4, 0.5) is 0 Å². The van der Waals surface area contributed by atoms with Gasteiger partial charge in [-0.15, -0.1) is 24.0 Å². The van der Waals surface area contributed by atoms with E-state index in [1.807, 2.05) is 18.2 Å². The lowest BCUT2D eigenvalue weighted by Crippen LogP contribution is -2.51. The van der Waals surface area contributed by atoms with Crippen molar-refractivity contribution in [2.24, 2.45) is 4.99 Å². The van der Waals surface area contributed by atoms with Crippen molar-refractivity contribution in [3.05, 3.63) is 23.8 Å². The molecule has 2 rings (SSSR count). The van der Waals surface area contributed by atoms with E-state index in [9.17, 15) is 8.42 Å². The third-order valence-electron chi connectivity index (χ3n) is 5.64. The molecule has 31 heavy (non-hydrogen) atoms. The minimum absolute atomic E-state index is 0. The van der Waals surface area contributed by atoms with Crippen LogP contribution in [0, 0.1) is 0 Å². The molecule has 1 aliphatic rings. The second kappa shape index (κ2) is 12.1. The van der Waals surface area contributed by atoms with Crippen LogP contribution in [0.3, 0.4) is 0 Å². The number of ether oxygens (including phenoxy) is 2. The molecular formula is C21H37IN4O4S. The van der Waals surface area contributed by atoms with E-state index in [-0.39, 0.29) is 41.2 Å². The summed E-state index contributed by atoms with van der Waals surface area (Å²) in [5, 5.41) is 6.84. The van der Waals surface area contributed by atoms with Gasteiger partial charge in [-0.1, -0.05) is 19.9 Å².